The van der Waals surface area contributed by atoms with Crippen molar-refractivity contribution in [1.82, 2.24) is 9.97 Å². The number of anilines is 3. The lowest BCUT2D eigenvalue weighted by Crippen LogP contribution is -2.59. The Hall–Kier alpha value is -3.36. The van der Waals surface area contributed by atoms with Gasteiger partial charge in [-0.05, 0) is 56.9 Å². The molecule has 1 aromatic heterocycles. The molecule has 0 radical (unpaired) electrons. The number of amidine groups is 1. The van der Waals surface area contributed by atoms with Crippen LogP contribution in [0.25, 0.3) is 0 Å². The van der Waals surface area contributed by atoms with E-state index in [1.54, 1.807) is 23.2 Å². The summed E-state index contributed by atoms with van der Waals surface area (Å²) in [6.45, 7) is 6.44. The molecule has 5 rings (SSSR count). The molecule has 196 valence electrons. The van der Waals surface area contributed by atoms with Crippen molar-refractivity contribution in [3.05, 3.63) is 41.2 Å². The summed E-state index contributed by atoms with van der Waals surface area (Å²) in [5.41, 5.74) is 13.8. The Labute approximate surface area is 214 Å². The molecule has 2 saturated heterocycles. The van der Waals surface area contributed by atoms with Gasteiger partial charge in [0.1, 0.15) is 11.5 Å². The Balaban J connectivity index is 1.35. The number of rotatable bonds is 3. The van der Waals surface area contributed by atoms with Crippen LogP contribution in [-0.4, -0.2) is 60.1 Å². The van der Waals surface area contributed by atoms with Crippen LogP contribution in [0.4, 0.5) is 26.1 Å². The van der Waals surface area contributed by atoms with Gasteiger partial charge in [0.2, 0.25) is 6.43 Å². The first-order valence-electron chi connectivity index (χ1n) is 12.5. The minimum absolute atomic E-state index is 0.00200. The van der Waals surface area contributed by atoms with E-state index in [-0.39, 0.29) is 41.8 Å². The SMILES string of the molecule is CC1OCC2(CCN(c3cnc(C(=N)N4CCC(C(F)F)c5cc(C#N)ccc54)c(N)n3)CC2)C1(C)N. The quantitative estimate of drug-likeness (QED) is 0.422. The van der Waals surface area contributed by atoms with Crippen molar-refractivity contribution in [3.8, 4) is 6.07 Å². The monoisotopic (exact) mass is 510 g/mol. The molecule has 0 saturated carbocycles. The van der Waals surface area contributed by atoms with Crippen LogP contribution < -0.4 is 21.3 Å². The highest BCUT2D eigenvalue weighted by Gasteiger charge is 2.55. The number of nitrogen functional groups attached to an aromatic ring is 1. The molecule has 3 unspecified atom stereocenters. The number of nitrogens with zero attached hydrogens (tertiary/aromatic N) is 5. The molecule has 1 aromatic carbocycles. The van der Waals surface area contributed by atoms with Crippen LogP contribution in [0.2, 0.25) is 0 Å². The Morgan fingerprint density at radius 1 is 1.30 bits per heavy atom. The lowest BCUT2D eigenvalue weighted by atomic mass is 9.65. The molecule has 1 spiro atoms. The van der Waals surface area contributed by atoms with Crippen LogP contribution in [0, 0.1) is 22.2 Å². The summed E-state index contributed by atoms with van der Waals surface area (Å²) in [6.07, 6.45) is 0.925. The van der Waals surface area contributed by atoms with Crippen molar-refractivity contribution in [2.24, 2.45) is 11.1 Å². The summed E-state index contributed by atoms with van der Waals surface area (Å²) in [5, 5.41) is 18.0. The number of nitrogens with one attached hydrogen (secondary N) is 1. The molecule has 0 bridgehead atoms. The number of fused-ring (bicyclic) bond motifs is 1. The van der Waals surface area contributed by atoms with E-state index in [1.165, 1.54) is 6.07 Å². The van der Waals surface area contributed by atoms with Gasteiger partial charge in [0.05, 0.1) is 30.5 Å². The fourth-order valence-electron chi connectivity index (χ4n) is 5.95. The minimum Gasteiger partial charge on any atom is -0.382 e. The maximum Gasteiger partial charge on any atom is 0.245 e. The van der Waals surface area contributed by atoms with Gasteiger partial charge in [0.15, 0.2) is 11.7 Å². The van der Waals surface area contributed by atoms with Gasteiger partial charge >= 0.3 is 0 Å². The molecule has 3 aliphatic rings. The normalized spacial score (nSPS) is 26.8. The molecule has 4 heterocycles. The van der Waals surface area contributed by atoms with Gasteiger partial charge in [-0.25, -0.2) is 18.7 Å². The average Bonchev–Trinajstić information content (AvgIpc) is 3.10. The number of hydrogen-bond donors (Lipinski definition) is 3. The van der Waals surface area contributed by atoms with Crippen LogP contribution in [0.1, 0.15) is 55.8 Å². The largest absolute Gasteiger partial charge is 0.382 e. The molecule has 37 heavy (non-hydrogen) atoms. The zero-order chi connectivity index (χ0) is 26.5. The number of hydrogen-bond acceptors (Lipinski definition) is 8. The van der Waals surface area contributed by atoms with Crippen LogP contribution in [0.15, 0.2) is 24.4 Å². The molecular weight excluding hydrogens is 478 g/mol. The Morgan fingerprint density at radius 2 is 2.03 bits per heavy atom. The van der Waals surface area contributed by atoms with Crippen molar-refractivity contribution in [3.63, 3.8) is 0 Å². The number of nitriles is 1. The summed E-state index contributed by atoms with van der Waals surface area (Å²) in [4.78, 5) is 12.8. The molecule has 2 fully saturated rings. The first kappa shape index (κ1) is 25.3. The second-order valence-corrected chi connectivity index (χ2v) is 10.6. The highest BCUT2D eigenvalue weighted by Crippen LogP contribution is 2.48. The smallest absolute Gasteiger partial charge is 0.245 e. The maximum atomic E-state index is 13.7. The summed E-state index contributed by atoms with van der Waals surface area (Å²) in [6, 6.07) is 6.66. The summed E-state index contributed by atoms with van der Waals surface area (Å²) in [5.74, 6) is -0.270. The fourth-order valence-corrected chi connectivity index (χ4v) is 5.95. The van der Waals surface area contributed by atoms with Gasteiger partial charge in [-0.2, -0.15) is 5.26 Å². The third-order valence-corrected chi connectivity index (χ3v) is 8.74. The van der Waals surface area contributed by atoms with Gasteiger partial charge in [-0.3, -0.25) is 5.41 Å². The lowest BCUT2D eigenvalue weighted by Gasteiger charge is -2.47. The number of benzene rings is 1. The Morgan fingerprint density at radius 3 is 2.62 bits per heavy atom. The summed E-state index contributed by atoms with van der Waals surface area (Å²) >= 11 is 0. The zero-order valence-corrected chi connectivity index (χ0v) is 21.0. The van der Waals surface area contributed by atoms with Crippen molar-refractivity contribution in [2.45, 2.75) is 57.1 Å². The van der Waals surface area contributed by atoms with Crippen LogP contribution >= 0.6 is 0 Å². The third kappa shape index (κ3) is 4.08. The Kier molecular flexibility index (Phi) is 6.28. The van der Waals surface area contributed by atoms with Crippen LogP contribution in [0.3, 0.4) is 0 Å². The topological polar surface area (TPSA) is 141 Å². The predicted molar refractivity (Wildman–Crippen MR) is 137 cm³/mol. The second-order valence-electron chi connectivity index (χ2n) is 10.6. The number of aromatic nitrogens is 2. The van der Waals surface area contributed by atoms with Crippen LogP contribution in [-0.2, 0) is 4.74 Å². The molecule has 9 nitrogen and oxygen atoms in total. The Bertz CT molecular complexity index is 1250. The highest BCUT2D eigenvalue weighted by molar-refractivity contribution is 6.10. The van der Waals surface area contributed by atoms with Gasteiger partial charge in [0.25, 0.3) is 0 Å². The minimum atomic E-state index is -2.56. The van der Waals surface area contributed by atoms with E-state index in [4.69, 9.17) is 21.6 Å². The van der Waals surface area contributed by atoms with Crippen molar-refractivity contribution in [2.75, 3.05) is 41.8 Å². The first-order valence-corrected chi connectivity index (χ1v) is 12.5. The van der Waals surface area contributed by atoms with Crippen molar-refractivity contribution in [1.29, 1.82) is 10.7 Å². The average molecular weight is 511 g/mol. The lowest BCUT2D eigenvalue weighted by molar-refractivity contribution is 0.0958. The molecule has 0 aliphatic carbocycles. The molecule has 11 heteroatoms. The van der Waals surface area contributed by atoms with Gasteiger partial charge in [-0.1, -0.05) is 0 Å². The predicted octanol–water partition coefficient (Wildman–Crippen LogP) is 3.24. The van der Waals surface area contributed by atoms with E-state index in [0.29, 0.717) is 29.2 Å². The van der Waals surface area contributed by atoms with Gasteiger partial charge in [0, 0.05) is 42.2 Å². The van der Waals surface area contributed by atoms with E-state index in [1.807, 2.05) is 13.0 Å². The van der Waals surface area contributed by atoms with Crippen molar-refractivity contribution < 1.29 is 13.5 Å². The van der Waals surface area contributed by atoms with E-state index in [2.05, 4.69) is 21.8 Å². The molecule has 0 amide bonds. The third-order valence-electron chi connectivity index (χ3n) is 8.74. The number of halogens is 2. The first-order chi connectivity index (χ1) is 17.6. The van der Waals surface area contributed by atoms with Gasteiger partial charge in [-0.15, -0.1) is 0 Å². The number of piperidine rings is 1. The molecule has 2 aromatic rings. The number of ether oxygens (including phenoxy) is 1. The highest BCUT2D eigenvalue weighted by atomic mass is 19.3. The van der Waals surface area contributed by atoms with Gasteiger partial charge < -0.3 is 26.0 Å². The molecule has 3 atom stereocenters. The molecule has 3 aliphatic heterocycles. The van der Waals surface area contributed by atoms with E-state index in [9.17, 15) is 14.0 Å². The molecule has 5 N–H and O–H groups in total. The van der Waals surface area contributed by atoms with Crippen molar-refractivity contribution >= 4 is 23.2 Å². The van der Waals surface area contributed by atoms with E-state index >= 15 is 0 Å². The van der Waals surface area contributed by atoms with Crippen LogP contribution in [0.5, 0.6) is 0 Å². The summed E-state index contributed by atoms with van der Waals surface area (Å²) in [7, 11) is 0. The number of nitrogens with two attached hydrogens (primary N) is 2. The summed E-state index contributed by atoms with van der Waals surface area (Å²) < 4.78 is 33.3. The zero-order valence-electron chi connectivity index (χ0n) is 21.0. The number of alkyl halides is 2. The van der Waals surface area contributed by atoms with E-state index < -0.39 is 17.9 Å². The second kappa shape index (κ2) is 9.19. The fraction of sp³-hybridized carbons (Fsp3) is 0.538. The van der Waals surface area contributed by atoms with E-state index in [0.717, 1.165) is 25.9 Å². The molecular formula is C26H32F2N8O. The standard InChI is InChI=1S/C26H32F2N8O/c1-15-25(2,32)26(14-37-15)6-9-35(10-7-26)20-13-33-21(23(30)34-20)24(31)36-8-5-17(22(27)28)18-11-16(12-29)3-4-19(18)36/h3-4,11,13,15,17,22,31H,5-10,14,32H2,1-2H3,(H2,30,34). The maximum absolute atomic E-state index is 13.7.